The van der Waals surface area contributed by atoms with Crippen LogP contribution in [0, 0.1) is 11.7 Å². The predicted octanol–water partition coefficient (Wildman–Crippen LogP) is 3.83. The summed E-state index contributed by atoms with van der Waals surface area (Å²) in [5, 5.41) is 2.42. The lowest BCUT2D eigenvalue weighted by Gasteiger charge is -2.17. The number of rotatable bonds is 4. The van der Waals surface area contributed by atoms with Crippen LogP contribution in [0.15, 0.2) is 48.5 Å². The maximum atomic E-state index is 13.7. The van der Waals surface area contributed by atoms with E-state index in [1.165, 1.54) is 29.2 Å². The Morgan fingerprint density at radius 1 is 1.15 bits per heavy atom. The molecular formula is C19H16F4N2O2. The van der Waals surface area contributed by atoms with Crippen molar-refractivity contribution in [2.75, 3.05) is 11.9 Å². The van der Waals surface area contributed by atoms with Crippen LogP contribution in [0.3, 0.4) is 0 Å². The zero-order valence-corrected chi connectivity index (χ0v) is 14.1. The first-order chi connectivity index (χ1) is 12.7. The molecule has 8 heteroatoms. The third-order valence-electron chi connectivity index (χ3n) is 4.36. The fourth-order valence-electron chi connectivity index (χ4n) is 2.95. The number of halogens is 4. The summed E-state index contributed by atoms with van der Waals surface area (Å²) in [6.45, 7) is 0.122. The molecule has 0 bridgehead atoms. The van der Waals surface area contributed by atoms with Crippen molar-refractivity contribution in [3.05, 3.63) is 65.5 Å². The van der Waals surface area contributed by atoms with E-state index in [1.54, 1.807) is 12.1 Å². The number of hydrogen-bond acceptors (Lipinski definition) is 2. The molecule has 0 radical (unpaired) electrons. The number of hydrogen-bond donors (Lipinski definition) is 1. The topological polar surface area (TPSA) is 49.4 Å². The lowest BCUT2D eigenvalue weighted by molar-refractivity contribution is -0.137. The van der Waals surface area contributed by atoms with Gasteiger partial charge in [0.15, 0.2) is 0 Å². The highest BCUT2D eigenvalue weighted by atomic mass is 19.4. The van der Waals surface area contributed by atoms with Gasteiger partial charge in [-0.15, -0.1) is 0 Å². The quantitative estimate of drug-likeness (QED) is 0.820. The lowest BCUT2D eigenvalue weighted by Crippen LogP contribution is -2.28. The van der Waals surface area contributed by atoms with E-state index in [4.69, 9.17) is 0 Å². The Kier molecular flexibility index (Phi) is 5.16. The third kappa shape index (κ3) is 4.45. The number of amides is 2. The number of alkyl halides is 3. The van der Waals surface area contributed by atoms with Crippen LogP contribution in [0.1, 0.15) is 17.5 Å². The second kappa shape index (κ2) is 7.38. The molecule has 1 fully saturated rings. The van der Waals surface area contributed by atoms with Gasteiger partial charge in [-0.2, -0.15) is 13.2 Å². The summed E-state index contributed by atoms with van der Waals surface area (Å²) in [5.74, 6) is -2.00. The molecule has 0 aromatic heterocycles. The number of anilines is 1. The monoisotopic (exact) mass is 380 g/mol. The average molecular weight is 380 g/mol. The Bertz CT molecular complexity index is 867. The molecular weight excluding hydrogens is 364 g/mol. The summed E-state index contributed by atoms with van der Waals surface area (Å²) in [4.78, 5) is 25.8. The summed E-state index contributed by atoms with van der Waals surface area (Å²) >= 11 is 0. The lowest BCUT2D eigenvalue weighted by atomic mass is 10.1. The van der Waals surface area contributed by atoms with E-state index >= 15 is 0 Å². The molecule has 142 valence electrons. The highest BCUT2D eigenvalue weighted by molar-refractivity contribution is 5.97. The number of likely N-dealkylation sites (tertiary alicyclic amines) is 1. The van der Waals surface area contributed by atoms with Crippen LogP contribution >= 0.6 is 0 Å². The summed E-state index contributed by atoms with van der Waals surface area (Å²) in [6, 6.07) is 10.3. The van der Waals surface area contributed by atoms with Crippen molar-refractivity contribution in [3.8, 4) is 0 Å². The number of benzene rings is 2. The van der Waals surface area contributed by atoms with Crippen molar-refractivity contribution in [1.82, 2.24) is 4.90 Å². The van der Waals surface area contributed by atoms with Gasteiger partial charge in [0.05, 0.1) is 11.5 Å². The second-order valence-corrected chi connectivity index (χ2v) is 6.33. The highest BCUT2D eigenvalue weighted by Crippen LogP contribution is 2.31. The van der Waals surface area contributed by atoms with E-state index in [0.29, 0.717) is 5.56 Å². The molecule has 2 amide bonds. The molecule has 1 aliphatic heterocycles. The van der Waals surface area contributed by atoms with Crippen molar-refractivity contribution < 1.29 is 27.2 Å². The molecule has 2 aromatic carbocycles. The fourth-order valence-corrected chi connectivity index (χ4v) is 2.95. The van der Waals surface area contributed by atoms with Gasteiger partial charge in [-0.05, 0) is 24.3 Å². The fraction of sp³-hybridized carbons (Fsp3) is 0.263. The molecule has 1 atom stereocenters. The molecule has 0 aliphatic carbocycles. The van der Waals surface area contributed by atoms with Crippen molar-refractivity contribution >= 4 is 17.5 Å². The van der Waals surface area contributed by atoms with Crippen LogP contribution in [0.25, 0.3) is 0 Å². The average Bonchev–Trinajstić information content (AvgIpc) is 2.97. The van der Waals surface area contributed by atoms with Gasteiger partial charge in [0.25, 0.3) is 0 Å². The zero-order chi connectivity index (χ0) is 19.6. The van der Waals surface area contributed by atoms with Gasteiger partial charge in [-0.1, -0.05) is 24.3 Å². The summed E-state index contributed by atoms with van der Waals surface area (Å²) in [5.41, 5.74) is -0.524. The first-order valence-electron chi connectivity index (χ1n) is 8.23. The Morgan fingerprint density at radius 2 is 1.89 bits per heavy atom. The van der Waals surface area contributed by atoms with Gasteiger partial charge in [-0.3, -0.25) is 9.59 Å². The molecule has 1 heterocycles. The molecule has 0 saturated carbocycles. The normalized spacial score (nSPS) is 17.3. The first kappa shape index (κ1) is 18.9. The second-order valence-electron chi connectivity index (χ2n) is 6.33. The minimum atomic E-state index is -4.51. The smallest absolute Gasteiger partial charge is 0.337 e. The van der Waals surface area contributed by atoms with Crippen LogP contribution in [-0.2, 0) is 22.3 Å². The molecule has 1 N–H and O–H groups in total. The minimum absolute atomic E-state index is 0.00910. The molecule has 2 aromatic rings. The molecule has 4 nitrogen and oxygen atoms in total. The van der Waals surface area contributed by atoms with Gasteiger partial charge in [0.1, 0.15) is 5.82 Å². The van der Waals surface area contributed by atoms with E-state index in [1.807, 2.05) is 0 Å². The van der Waals surface area contributed by atoms with E-state index in [9.17, 15) is 27.2 Å². The van der Waals surface area contributed by atoms with Crippen molar-refractivity contribution in [2.24, 2.45) is 5.92 Å². The summed E-state index contributed by atoms with van der Waals surface area (Å²) < 4.78 is 52.0. The highest BCUT2D eigenvalue weighted by Gasteiger charge is 2.35. The number of nitrogens with zero attached hydrogens (tertiary/aromatic N) is 1. The maximum absolute atomic E-state index is 13.7. The minimum Gasteiger partial charge on any atom is -0.337 e. The van der Waals surface area contributed by atoms with E-state index in [-0.39, 0.29) is 31.1 Å². The summed E-state index contributed by atoms with van der Waals surface area (Å²) in [7, 11) is 0. The van der Waals surface area contributed by atoms with Crippen LogP contribution in [0.4, 0.5) is 23.2 Å². The number of carbonyl (C=O) groups is 2. The maximum Gasteiger partial charge on any atom is 0.416 e. The predicted molar refractivity (Wildman–Crippen MR) is 90.0 cm³/mol. The molecule has 27 heavy (non-hydrogen) atoms. The van der Waals surface area contributed by atoms with Gasteiger partial charge >= 0.3 is 6.18 Å². The third-order valence-corrected chi connectivity index (χ3v) is 4.36. The molecule has 0 spiro atoms. The Balaban J connectivity index is 1.65. The molecule has 3 rings (SSSR count). The SMILES string of the molecule is O=C(Nc1cccc(C(F)(F)F)c1)C1CC(=O)N(Cc2ccccc2F)C1. The van der Waals surface area contributed by atoms with Gasteiger partial charge in [0, 0.05) is 30.8 Å². The van der Waals surface area contributed by atoms with Crippen LogP contribution in [-0.4, -0.2) is 23.3 Å². The van der Waals surface area contributed by atoms with E-state index < -0.39 is 29.4 Å². The van der Waals surface area contributed by atoms with E-state index in [0.717, 1.165) is 12.1 Å². The largest absolute Gasteiger partial charge is 0.416 e. The Hall–Kier alpha value is -2.90. The van der Waals surface area contributed by atoms with Crippen LogP contribution in [0.2, 0.25) is 0 Å². The van der Waals surface area contributed by atoms with E-state index in [2.05, 4.69) is 5.32 Å². The summed E-state index contributed by atoms with van der Waals surface area (Å²) in [6.07, 6.45) is -4.58. The van der Waals surface area contributed by atoms with Crippen LogP contribution < -0.4 is 5.32 Å². The van der Waals surface area contributed by atoms with Gasteiger partial charge in [-0.25, -0.2) is 4.39 Å². The van der Waals surface area contributed by atoms with Crippen LogP contribution in [0.5, 0.6) is 0 Å². The Labute approximate surface area is 152 Å². The Morgan fingerprint density at radius 3 is 2.59 bits per heavy atom. The standard InChI is InChI=1S/C19H16F4N2O2/c20-16-7-2-1-4-12(16)10-25-11-13(8-17(25)26)18(27)24-15-6-3-5-14(9-15)19(21,22)23/h1-7,9,13H,8,10-11H2,(H,24,27). The van der Waals surface area contributed by atoms with Crippen molar-refractivity contribution in [3.63, 3.8) is 0 Å². The molecule has 1 aliphatic rings. The number of nitrogens with one attached hydrogen (secondary N) is 1. The van der Waals surface area contributed by atoms with Crippen molar-refractivity contribution in [2.45, 2.75) is 19.1 Å². The number of carbonyl (C=O) groups excluding carboxylic acids is 2. The molecule has 1 saturated heterocycles. The first-order valence-corrected chi connectivity index (χ1v) is 8.23. The zero-order valence-electron chi connectivity index (χ0n) is 14.1. The molecule has 1 unspecified atom stereocenters. The van der Waals surface area contributed by atoms with Crippen molar-refractivity contribution in [1.29, 1.82) is 0 Å². The van der Waals surface area contributed by atoms with Gasteiger partial charge < -0.3 is 10.2 Å². The van der Waals surface area contributed by atoms with Gasteiger partial charge in [0.2, 0.25) is 11.8 Å².